The zero-order valence-electron chi connectivity index (χ0n) is 13.0. The minimum atomic E-state index is -0.516. The molecule has 1 aromatic heterocycles. The highest BCUT2D eigenvalue weighted by Gasteiger charge is 2.15. The number of carbonyl (C=O) groups excluding carboxylic acids is 1. The third-order valence-electron chi connectivity index (χ3n) is 3.29. The summed E-state index contributed by atoms with van der Waals surface area (Å²) in [4.78, 5) is 27.8. The van der Waals surface area contributed by atoms with Gasteiger partial charge in [-0.25, -0.2) is 4.98 Å². The van der Waals surface area contributed by atoms with Crippen molar-refractivity contribution in [3.63, 3.8) is 0 Å². The second-order valence-corrected chi connectivity index (χ2v) is 6.02. The van der Waals surface area contributed by atoms with E-state index in [2.05, 4.69) is 22.5 Å². The quantitative estimate of drug-likeness (QED) is 0.599. The lowest BCUT2D eigenvalue weighted by Crippen LogP contribution is -2.20. The van der Waals surface area contributed by atoms with Crippen LogP contribution in [0.3, 0.4) is 0 Å². The number of hydrogen-bond donors (Lipinski definition) is 2. The van der Waals surface area contributed by atoms with Crippen LogP contribution >= 0.6 is 11.3 Å². The van der Waals surface area contributed by atoms with Gasteiger partial charge in [-0.3, -0.25) is 14.9 Å². The van der Waals surface area contributed by atoms with Gasteiger partial charge in [-0.2, -0.15) is 0 Å². The summed E-state index contributed by atoms with van der Waals surface area (Å²) in [5.74, 6) is -0.362. The van der Waals surface area contributed by atoms with E-state index in [1.54, 1.807) is 17.4 Å². The number of nitro benzene ring substituents is 1. The molecule has 0 aliphatic carbocycles. The van der Waals surface area contributed by atoms with Crippen LogP contribution in [-0.2, 0) is 12.8 Å². The van der Waals surface area contributed by atoms with Gasteiger partial charge in [0.05, 0.1) is 15.5 Å². The standard InChI is InChI=1S/C15H18N4O3S/c1-3-11-9-18-14(23-11)6-7-17-13-5-4-10(19(21)22)8-12(13)15(20)16-2/h4-5,8-9,17H,3,6-7H2,1-2H3,(H,16,20). The third-order valence-corrected chi connectivity index (χ3v) is 4.49. The number of non-ortho nitro benzene ring substituents is 1. The third kappa shape index (κ3) is 4.26. The van der Waals surface area contributed by atoms with Gasteiger partial charge in [-0.1, -0.05) is 6.92 Å². The van der Waals surface area contributed by atoms with Crippen molar-refractivity contribution < 1.29 is 9.72 Å². The van der Waals surface area contributed by atoms with Crippen molar-refractivity contribution in [2.75, 3.05) is 18.9 Å². The van der Waals surface area contributed by atoms with Crippen molar-refractivity contribution in [3.8, 4) is 0 Å². The van der Waals surface area contributed by atoms with E-state index < -0.39 is 4.92 Å². The van der Waals surface area contributed by atoms with Crippen molar-refractivity contribution in [2.45, 2.75) is 19.8 Å². The highest BCUT2D eigenvalue weighted by molar-refractivity contribution is 7.11. The average Bonchev–Trinajstić information content (AvgIpc) is 3.02. The average molecular weight is 334 g/mol. The summed E-state index contributed by atoms with van der Waals surface area (Å²) >= 11 is 1.67. The number of nitrogens with zero attached hydrogens (tertiary/aromatic N) is 2. The van der Waals surface area contributed by atoms with E-state index in [9.17, 15) is 14.9 Å². The zero-order chi connectivity index (χ0) is 16.8. The lowest BCUT2D eigenvalue weighted by Gasteiger charge is -2.10. The Labute approximate surface area is 137 Å². The van der Waals surface area contributed by atoms with Crippen molar-refractivity contribution >= 4 is 28.6 Å². The SMILES string of the molecule is CCc1cnc(CCNc2ccc([N+](=O)[O-])cc2C(=O)NC)s1. The largest absolute Gasteiger partial charge is 0.384 e. The number of thiazole rings is 1. The molecule has 0 atom stereocenters. The number of anilines is 1. The molecule has 2 rings (SSSR count). The van der Waals surface area contributed by atoms with Crippen LogP contribution in [0.15, 0.2) is 24.4 Å². The first-order valence-electron chi connectivity index (χ1n) is 7.23. The number of hydrogen-bond acceptors (Lipinski definition) is 6. The molecule has 1 aromatic carbocycles. The van der Waals surface area contributed by atoms with Gasteiger partial charge in [-0.05, 0) is 12.5 Å². The molecule has 0 radical (unpaired) electrons. The highest BCUT2D eigenvalue weighted by Crippen LogP contribution is 2.22. The van der Waals surface area contributed by atoms with Crippen molar-refractivity contribution in [1.82, 2.24) is 10.3 Å². The lowest BCUT2D eigenvalue weighted by molar-refractivity contribution is -0.384. The molecule has 1 amide bonds. The van der Waals surface area contributed by atoms with E-state index >= 15 is 0 Å². The van der Waals surface area contributed by atoms with E-state index in [1.807, 2.05) is 6.20 Å². The summed E-state index contributed by atoms with van der Waals surface area (Å²) in [5, 5.41) is 17.5. The van der Waals surface area contributed by atoms with Crippen LogP contribution in [-0.4, -0.2) is 29.4 Å². The lowest BCUT2D eigenvalue weighted by atomic mass is 10.1. The maximum atomic E-state index is 11.9. The molecule has 23 heavy (non-hydrogen) atoms. The fourth-order valence-electron chi connectivity index (χ4n) is 2.05. The number of amides is 1. The Hall–Kier alpha value is -2.48. The van der Waals surface area contributed by atoms with Gasteiger partial charge in [0.1, 0.15) is 0 Å². The monoisotopic (exact) mass is 334 g/mol. The van der Waals surface area contributed by atoms with E-state index in [4.69, 9.17) is 0 Å². The Morgan fingerprint density at radius 2 is 2.22 bits per heavy atom. The Balaban J connectivity index is 2.08. The van der Waals surface area contributed by atoms with Crippen LogP contribution in [0, 0.1) is 10.1 Å². The second kappa shape index (κ2) is 7.68. The second-order valence-electron chi connectivity index (χ2n) is 4.82. The first-order valence-corrected chi connectivity index (χ1v) is 8.04. The Bertz CT molecular complexity index is 714. The molecule has 2 N–H and O–H groups in total. The van der Waals surface area contributed by atoms with Gasteiger partial charge in [0, 0.05) is 48.9 Å². The number of nitro groups is 1. The van der Waals surface area contributed by atoms with Gasteiger partial charge in [0.25, 0.3) is 11.6 Å². The number of aromatic nitrogens is 1. The molecule has 0 unspecified atom stereocenters. The zero-order valence-corrected chi connectivity index (χ0v) is 13.8. The van der Waals surface area contributed by atoms with Crippen LogP contribution in [0.5, 0.6) is 0 Å². The topological polar surface area (TPSA) is 97.2 Å². The molecule has 0 aliphatic heterocycles. The number of carbonyl (C=O) groups is 1. The summed E-state index contributed by atoms with van der Waals surface area (Å²) in [7, 11) is 1.49. The summed E-state index contributed by atoms with van der Waals surface area (Å²) < 4.78 is 0. The van der Waals surface area contributed by atoms with Gasteiger partial charge in [-0.15, -0.1) is 11.3 Å². The Kier molecular flexibility index (Phi) is 5.64. The fourth-order valence-corrected chi connectivity index (χ4v) is 2.92. The summed E-state index contributed by atoms with van der Waals surface area (Å²) in [6, 6.07) is 4.22. The highest BCUT2D eigenvalue weighted by atomic mass is 32.1. The van der Waals surface area contributed by atoms with E-state index in [1.165, 1.54) is 24.1 Å². The molecule has 0 saturated carbocycles. The molecule has 0 bridgehead atoms. The summed E-state index contributed by atoms with van der Waals surface area (Å²) in [6.45, 7) is 2.68. The fraction of sp³-hybridized carbons (Fsp3) is 0.333. The molecule has 122 valence electrons. The summed E-state index contributed by atoms with van der Waals surface area (Å²) in [5.41, 5.74) is 0.721. The first-order chi connectivity index (χ1) is 11.0. The molecule has 0 aliphatic rings. The molecular formula is C15H18N4O3S. The van der Waals surface area contributed by atoms with Gasteiger partial charge >= 0.3 is 0 Å². The maximum absolute atomic E-state index is 11.9. The van der Waals surface area contributed by atoms with Crippen molar-refractivity contribution in [2.24, 2.45) is 0 Å². The Morgan fingerprint density at radius 1 is 1.43 bits per heavy atom. The smallest absolute Gasteiger partial charge is 0.270 e. The van der Waals surface area contributed by atoms with Crippen molar-refractivity contribution in [1.29, 1.82) is 0 Å². The van der Waals surface area contributed by atoms with Crippen LogP contribution < -0.4 is 10.6 Å². The van der Waals surface area contributed by atoms with E-state index in [0.29, 0.717) is 12.2 Å². The van der Waals surface area contributed by atoms with Gasteiger partial charge < -0.3 is 10.6 Å². The first kappa shape index (κ1) is 16.9. The molecular weight excluding hydrogens is 316 g/mol. The minimum absolute atomic E-state index is 0.110. The molecule has 8 heteroatoms. The molecule has 7 nitrogen and oxygen atoms in total. The molecule has 0 fully saturated rings. The molecule has 0 saturated heterocycles. The predicted octanol–water partition coefficient (Wildman–Crippen LogP) is 2.63. The van der Waals surface area contributed by atoms with Gasteiger partial charge in [0.15, 0.2) is 0 Å². The predicted molar refractivity (Wildman–Crippen MR) is 90.2 cm³/mol. The molecule has 0 spiro atoms. The number of rotatable bonds is 7. The molecule has 1 heterocycles. The maximum Gasteiger partial charge on any atom is 0.270 e. The van der Waals surface area contributed by atoms with E-state index in [0.717, 1.165) is 17.8 Å². The van der Waals surface area contributed by atoms with Crippen LogP contribution in [0.1, 0.15) is 27.2 Å². The number of aryl methyl sites for hydroxylation is 1. The normalized spacial score (nSPS) is 10.3. The summed E-state index contributed by atoms with van der Waals surface area (Å²) in [6.07, 6.45) is 3.57. The number of nitrogens with one attached hydrogen (secondary N) is 2. The van der Waals surface area contributed by atoms with Crippen LogP contribution in [0.4, 0.5) is 11.4 Å². The molecule has 2 aromatic rings. The van der Waals surface area contributed by atoms with Crippen LogP contribution in [0.25, 0.3) is 0 Å². The minimum Gasteiger partial charge on any atom is -0.384 e. The van der Waals surface area contributed by atoms with Crippen molar-refractivity contribution in [3.05, 3.63) is 50.0 Å². The number of benzene rings is 1. The van der Waals surface area contributed by atoms with Crippen LogP contribution in [0.2, 0.25) is 0 Å². The van der Waals surface area contributed by atoms with E-state index in [-0.39, 0.29) is 17.2 Å². The Morgan fingerprint density at radius 3 is 2.83 bits per heavy atom. The van der Waals surface area contributed by atoms with Gasteiger partial charge in [0.2, 0.25) is 0 Å².